The van der Waals surface area contributed by atoms with E-state index in [4.69, 9.17) is 0 Å². The van der Waals surface area contributed by atoms with Crippen LogP contribution in [-0.4, -0.2) is 17.3 Å². The molecule has 4 heteroatoms. The summed E-state index contributed by atoms with van der Waals surface area (Å²) in [6.45, 7) is 0.784. The van der Waals surface area contributed by atoms with Gasteiger partial charge in [0.05, 0.1) is 4.83 Å². The van der Waals surface area contributed by atoms with E-state index in [1.165, 1.54) is 5.56 Å². The van der Waals surface area contributed by atoms with Gasteiger partial charge in [-0.3, -0.25) is 4.79 Å². The van der Waals surface area contributed by atoms with Crippen molar-refractivity contribution >= 4 is 43.5 Å². The molecular weight excluding hydrogens is 406 g/mol. The van der Waals surface area contributed by atoms with Gasteiger partial charge in [-0.15, -0.1) is 0 Å². The molecule has 2 nitrogen and oxygen atoms in total. The van der Waals surface area contributed by atoms with Gasteiger partial charge >= 0.3 is 0 Å². The van der Waals surface area contributed by atoms with Crippen LogP contribution in [-0.2, 0) is 11.2 Å². The number of halogens is 2. The lowest BCUT2D eigenvalue weighted by Crippen LogP contribution is -2.41. The first kappa shape index (κ1) is 15.8. The minimum atomic E-state index is -0.291. The number of hydrogen-bond donors (Lipinski definition) is 0. The van der Waals surface area contributed by atoms with Gasteiger partial charge in [0, 0.05) is 12.2 Å². The highest BCUT2D eigenvalue weighted by Crippen LogP contribution is 2.35. The molecule has 0 unspecified atom stereocenters. The Kier molecular flexibility index (Phi) is 4.99. The Morgan fingerprint density at radius 2 is 1.68 bits per heavy atom. The molecule has 1 aliphatic heterocycles. The molecule has 2 aromatic carbocycles. The van der Waals surface area contributed by atoms with Crippen molar-refractivity contribution in [1.82, 2.24) is 0 Å². The summed E-state index contributed by atoms with van der Waals surface area (Å²) in [6, 6.07) is 18.2. The van der Waals surface area contributed by atoms with Crippen molar-refractivity contribution in [2.45, 2.75) is 22.5 Å². The Hall–Kier alpha value is -1.13. The summed E-state index contributed by atoms with van der Waals surface area (Å²) in [7, 11) is 0. The lowest BCUT2D eigenvalue weighted by Gasteiger charge is -2.32. The Morgan fingerprint density at radius 1 is 1.00 bits per heavy atom. The van der Waals surface area contributed by atoms with Crippen LogP contribution in [0, 0.1) is 0 Å². The zero-order valence-corrected chi connectivity index (χ0v) is 15.3. The molecular formula is C18H17Br2NO. The van der Waals surface area contributed by atoms with Gasteiger partial charge in [-0.05, 0) is 30.0 Å². The molecule has 3 rings (SSSR count). The molecule has 0 fully saturated rings. The number of aryl methyl sites for hydroxylation is 1. The number of para-hydroxylation sites is 1. The average molecular weight is 423 g/mol. The summed E-state index contributed by atoms with van der Waals surface area (Å²) in [5.74, 6) is 0.109. The first-order valence-corrected chi connectivity index (χ1v) is 9.24. The standard InChI is InChI=1S/C18H17Br2NO/c19-16(14-8-2-1-3-9-14)17(20)18(22)21-12-6-10-13-7-4-5-11-15(13)21/h1-5,7-9,11,16-17H,6,10,12H2/t16-,17+/m1/s1. The molecule has 2 aromatic rings. The van der Waals surface area contributed by atoms with E-state index in [0.717, 1.165) is 30.6 Å². The lowest BCUT2D eigenvalue weighted by molar-refractivity contribution is -0.118. The van der Waals surface area contributed by atoms with Crippen LogP contribution in [0.5, 0.6) is 0 Å². The van der Waals surface area contributed by atoms with Gasteiger partial charge in [-0.2, -0.15) is 0 Å². The first-order chi connectivity index (χ1) is 10.7. The zero-order valence-electron chi connectivity index (χ0n) is 12.1. The first-order valence-electron chi connectivity index (χ1n) is 7.41. The number of nitrogens with zero attached hydrogens (tertiary/aromatic N) is 1. The normalized spacial score (nSPS) is 16.7. The summed E-state index contributed by atoms with van der Waals surface area (Å²) >= 11 is 7.26. The van der Waals surface area contributed by atoms with Gasteiger partial charge < -0.3 is 4.90 Å². The highest BCUT2D eigenvalue weighted by atomic mass is 79.9. The van der Waals surface area contributed by atoms with Crippen molar-refractivity contribution in [3.8, 4) is 0 Å². The number of carbonyl (C=O) groups excluding carboxylic acids is 1. The van der Waals surface area contributed by atoms with Crippen molar-refractivity contribution in [3.05, 3.63) is 65.7 Å². The van der Waals surface area contributed by atoms with Gasteiger partial charge in [0.25, 0.3) is 0 Å². The van der Waals surface area contributed by atoms with Crippen LogP contribution in [0.2, 0.25) is 0 Å². The van der Waals surface area contributed by atoms with Gasteiger partial charge in [-0.1, -0.05) is 80.4 Å². The number of anilines is 1. The van der Waals surface area contributed by atoms with Crippen LogP contribution in [0.4, 0.5) is 5.69 Å². The molecule has 0 aliphatic carbocycles. The predicted molar refractivity (Wildman–Crippen MR) is 97.9 cm³/mol. The molecule has 0 N–H and O–H groups in total. The monoisotopic (exact) mass is 421 g/mol. The fraction of sp³-hybridized carbons (Fsp3) is 0.278. The Bertz CT molecular complexity index is 659. The number of fused-ring (bicyclic) bond motifs is 1. The van der Waals surface area contributed by atoms with Gasteiger partial charge in [-0.25, -0.2) is 0 Å². The van der Waals surface area contributed by atoms with Gasteiger partial charge in [0.1, 0.15) is 4.83 Å². The van der Waals surface area contributed by atoms with E-state index in [1.54, 1.807) is 0 Å². The van der Waals surface area contributed by atoms with Crippen LogP contribution < -0.4 is 4.90 Å². The van der Waals surface area contributed by atoms with Crippen LogP contribution in [0.25, 0.3) is 0 Å². The van der Waals surface area contributed by atoms with Crippen LogP contribution >= 0.6 is 31.9 Å². The van der Waals surface area contributed by atoms with Crippen LogP contribution in [0.15, 0.2) is 54.6 Å². The maximum Gasteiger partial charge on any atom is 0.242 e. The molecule has 0 saturated heterocycles. The topological polar surface area (TPSA) is 20.3 Å². The van der Waals surface area contributed by atoms with E-state index in [1.807, 2.05) is 53.4 Å². The zero-order chi connectivity index (χ0) is 15.5. The second-order valence-electron chi connectivity index (χ2n) is 5.44. The van der Waals surface area contributed by atoms with Crippen LogP contribution in [0.3, 0.4) is 0 Å². The molecule has 22 heavy (non-hydrogen) atoms. The van der Waals surface area contributed by atoms with Crippen LogP contribution in [0.1, 0.15) is 22.4 Å². The Balaban J connectivity index is 1.82. The molecule has 0 radical (unpaired) electrons. The molecule has 1 aliphatic rings. The van der Waals surface area contributed by atoms with E-state index in [0.29, 0.717) is 0 Å². The summed E-state index contributed by atoms with van der Waals surface area (Å²) in [5, 5.41) is 0. The Labute approximate surface area is 147 Å². The second-order valence-corrected chi connectivity index (χ2v) is 7.41. The quantitative estimate of drug-likeness (QED) is 0.646. The molecule has 0 saturated carbocycles. The highest BCUT2D eigenvalue weighted by Gasteiger charge is 2.31. The van der Waals surface area contributed by atoms with Crippen molar-refractivity contribution in [2.75, 3.05) is 11.4 Å². The summed E-state index contributed by atoms with van der Waals surface area (Å²) in [4.78, 5) is 14.5. The van der Waals surface area contributed by atoms with E-state index in [2.05, 4.69) is 37.9 Å². The SMILES string of the molecule is O=C([C@@H](Br)[C@H](Br)c1ccccc1)N1CCCc2ccccc21. The fourth-order valence-electron chi connectivity index (χ4n) is 2.84. The molecule has 0 bridgehead atoms. The second kappa shape index (κ2) is 6.97. The number of benzene rings is 2. The van der Waals surface area contributed by atoms with E-state index in [9.17, 15) is 4.79 Å². The lowest BCUT2D eigenvalue weighted by atomic mass is 10.0. The third kappa shape index (κ3) is 3.13. The summed E-state index contributed by atoms with van der Waals surface area (Å²) < 4.78 is 0. The van der Waals surface area contributed by atoms with Crippen molar-refractivity contribution in [1.29, 1.82) is 0 Å². The number of alkyl halides is 2. The molecule has 0 spiro atoms. The number of amides is 1. The van der Waals surface area contributed by atoms with E-state index < -0.39 is 0 Å². The summed E-state index contributed by atoms with van der Waals surface area (Å²) in [5.41, 5.74) is 3.41. The van der Waals surface area contributed by atoms with Crippen molar-refractivity contribution in [2.24, 2.45) is 0 Å². The Morgan fingerprint density at radius 3 is 2.45 bits per heavy atom. The van der Waals surface area contributed by atoms with Crippen molar-refractivity contribution in [3.63, 3.8) is 0 Å². The molecule has 2 atom stereocenters. The molecule has 1 heterocycles. The molecule has 1 amide bonds. The molecule has 114 valence electrons. The van der Waals surface area contributed by atoms with E-state index in [-0.39, 0.29) is 15.6 Å². The third-order valence-electron chi connectivity index (χ3n) is 3.99. The maximum absolute atomic E-state index is 12.9. The highest BCUT2D eigenvalue weighted by molar-refractivity contribution is 9.12. The van der Waals surface area contributed by atoms with Crippen molar-refractivity contribution < 1.29 is 4.79 Å². The smallest absolute Gasteiger partial charge is 0.242 e. The predicted octanol–water partition coefficient (Wildman–Crippen LogP) is 4.87. The maximum atomic E-state index is 12.9. The van der Waals surface area contributed by atoms with Gasteiger partial charge in [0.15, 0.2) is 0 Å². The number of rotatable bonds is 3. The number of carbonyl (C=O) groups is 1. The largest absolute Gasteiger partial charge is 0.311 e. The minimum absolute atomic E-state index is 0.0460. The molecule has 0 aromatic heterocycles. The number of hydrogen-bond acceptors (Lipinski definition) is 1. The average Bonchev–Trinajstić information content (AvgIpc) is 2.60. The van der Waals surface area contributed by atoms with Gasteiger partial charge in [0.2, 0.25) is 5.91 Å². The van der Waals surface area contributed by atoms with E-state index >= 15 is 0 Å². The summed E-state index contributed by atoms with van der Waals surface area (Å²) in [6.07, 6.45) is 2.06. The third-order valence-corrected chi connectivity index (χ3v) is 6.67. The fourth-order valence-corrected chi connectivity index (χ4v) is 3.93. The minimum Gasteiger partial charge on any atom is -0.311 e.